The molecule has 1 aromatic rings. The summed E-state index contributed by atoms with van der Waals surface area (Å²) in [7, 11) is 0. The molecule has 16 heavy (non-hydrogen) atoms. The fourth-order valence-corrected chi connectivity index (χ4v) is 2.10. The van der Waals surface area contributed by atoms with Crippen LogP contribution in [0.2, 0.25) is 0 Å². The minimum Gasteiger partial charge on any atom is -0.493 e. The Morgan fingerprint density at radius 3 is 3.06 bits per heavy atom. The van der Waals surface area contributed by atoms with E-state index in [1.165, 1.54) is 5.56 Å². The van der Waals surface area contributed by atoms with Gasteiger partial charge < -0.3 is 14.9 Å². The Labute approximate surface area is 95.7 Å². The van der Waals surface area contributed by atoms with E-state index in [0.29, 0.717) is 13.0 Å². The second kappa shape index (κ2) is 5.32. The van der Waals surface area contributed by atoms with E-state index < -0.39 is 0 Å². The number of hydrogen-bond donors (Lipinski definition) is 2. The largest absolute Gasteiger partial charge is 0.493 e. The third-order valence-corrected chi connectivity index (χ3v) is 2.97. The summed E-state index contributed by atoms with van der Waals surface area (Å²) in [5.41, 5.74) is 2.24. The quantitative estimate of drug-likeness (QED) is 0.764. The van der Waals surface area contributed by atoms with Gasteiger partial charge in [-0.2, -0.15) is 0 Å². The number of rotatable bonds is 4. The van der Waals surface area contributed by atoms with Gasteiger partial charge in [0.15, 0.2) is 0 Å². The van der Waals surface area contributed by atoms with Crippen LogP contribution in [0.3, 0.4) is 0 Å². The average Bonchev–Trinajstić information content (AvgIpc) is 2.30. The van der Waals surface area contributed by atoms with Crippen molar-refractivity contribution >= 4 is 0 Å². The van der Waals surface area contributed by atoms with Crippen LogP contribution in [-0.4, -0.2) is 23.4 Å². The van der Waals surface area contributed by atoms with E-state index in [0.717, 1.165) is 30.6 Å². The van der Waals surface area contributed by atoms with Crippen LogP contribution in [0.15, 0.2) is 18.2 Å². The lowest BCUT2D eigenvalue weighted by atomic mass is 9.89. The van der Waals surface area contributed by atoms with Gasteiger partial charge in [0.1, 0.15) is 5.75 Å². The number of aliphatic hydroxyl groups is 2. The van der Waals surface area contributed by atoms with Crippen LogP contribution in [0.4, 0.5) is 0 Å². The fourth-order valence-electron chi connectivity index (χ4n) is 2.10. The molecule has 0 heterocycles. The van der Waals surface area contributed by atoms with Gasteiger partial charge in [0.2, 0.25) is 0 Å². The Balaban J connectivity index is 2.08. The van der Waals surface area contributed by atoms with Crippen molar-refractivity contribution in [1.29, 1.82) is 0 Å². The maximum Gasteiger partial charge on any atom is 0.119 e. The zero-order valence-corrected chi connectivity index (χ0v) is 9.35. The number of ether oxygens (including phenoxy) is 1. The smallest absolute Gasteiger partial charge is 0.119 e. The van der Waals surface area contributed by atoms with Gasteiger partial charge in [-0.3, -0.25) is 0 Å². The van der Waals surface area contributed by atoms with E-state index in [1.807, 2.05) is 18.2 Å². The molecule has 0 amide bonds. The van der Waals surface area contributed by atoms with Crippen molar-refractivity contribution in [2.75, 3.05) is 13.2 Å². The van der Waals surface area contributed by atoms with E-state index >= 15 is 0 Å². The normalized spacial score (nSPS) is 19.2. The number of aryl methyl sites for hydroxylation is 1. The molecule has 1 atom stereocenters. The Kier molecular flexibility index (Phi) is 3.80. The number of hydrogen-bond acceptors (Lipinski definition) is 3. The third kappa shape index (κ3) is 2.54. The van der Waals surface area contributed by atoms with E-state index in [2.05, 4.69) is 0 Å². The Hall–Kier alpha value is -1.06. The minimum atomic E-state index is -0.342. The summed E-state index contributed by atoms with van der Waals surface area (Å²) in [5, 5.41) is 18.5. The number of benzene rings is 1. The lowest BCUT2D eigenvalue weighted by Gasteiger charge is -2.21. The fraction of sp³-hybridized carbons (Fsp3) is 0.538. The summed E-state index contributed by atoms with van der Waals surface area (Å²) in [6.07, 6.45) is 3.24. The molecule has 3 heteroatoms. The van der Waals surface area contributed by atoms with Gasteiger partial charge in [-0.15, -0.1) is 0 Å². The summed E-state index contributed by atoms with van der Waals surface area (Å²) < 4.78 is 5.49. The van der Waals surface area contributed by atoms with Crippen LogP contribution in [0.25, 0.3) is 0 Å². The molecule has 0 unspecified atom stereocenters. The molecule has 2 N–H and O–H groups in total. The van der Waals surface area contributed by atoms with E-state index in [4.69, 9.17) is 9.84 Å². The molecular formula is C13H18O3. The highest BCUT2D eigenvalue weighted by Gasteiger charge is 2.18. The van der Waals surface area contributed by atoms with Gasteiger partial charge >= 0.3 is 0 Å². The van der Waals surface area contributed by atoms with Crippen LogP contribution < -0.4 is 4.74 Å². The van der Waals surface area contributed by atoms with Gasteiger partial charge in [-0.05, 0) is 42.5 Å². The molecule has 0 fully saturated rings. The highest BCUT2D eigenvalue weighted by atomic mass is 16.5. The van der Waals surface area contributed by atoms with E-state index in [9.17, 15) is 5.11 Å². The molecule has 0 aliphatic heterocycles. The second-order valence-electron chi connectivity index (χ2n) is 4.19. The summed E-state index contributed by atoms with van der Waals surface area (Å²) >= 11 is 0. The summed E-state index contributed by atoms with van der Waals surface area (Å²) in [6.45, 7) is 0.666. The zero-order chi connectivity index (χ0) is 11.4. The summed E-state index contributed by atoms with van der Waals surface area (Å²) in [6, 6.07) is 5.90. The van der Waals surface area contributed by atoms with Crippen molar-refractivity contribution in [3.63, 3.8) is 0 Å². The Morgan fingerprint density at radius 1 is 1.38 bits per heavy atom. The second-order valence-corrected chi connectivity index (χ2v) is 4.19. The maximum atomic E-state index is 9.86. The molecule has 0 saturated heterocycles. The van der Waals surface area contributed by atoms with Crippen LogP contribution in [0.5, 0.6) is 5.75 Å². The molecule has 3 nitrogen and oxygen atoms in total. The molecule has 0 spiro atoms. The molecule has 1 aliphatic carbocycles. The van der Waals surface area contributed by atoms with Crippen molar-refractivity contribution in [2.45, 2.75) is 31.8 Å². The van der Waals surface area contributed by atoms with Crippen LogP contribution in [0.1, 0.15) is 36.5 Å². The average molecular weight is 222 g/mol. The number of aliphatic hydroxyl groups excluding tert-OH is 2. The lowest BCUT2D eigenvalue weighted by molar-refractivity contribution is 0.156. The molecule has 2 rings (SSSR count). The Morgan fingerprint density at radius 2 is 2.25 bits per heavy atom. The molecule has 0 radical (unpaired) electrons. The van der Waals surface area contributed by atoms with Crippen molar-refractivity contribution in [3.05, 3.63) is 29.3 Å². The maximum absolute atomic E-state index is 9.86. The molecule has 0 aromatic heterocycles. The van der Waals surface area contributed by atoms with Crippen LogP contribution in [-0.2, 0) is 6.42 Å². The van der Waals surface area contributed by atoms with Gasteiger partial charge in [0.25, 0.3) is 0 Å². The summed E-state index contributed by atoms with van der Waals surface area (Å²) in [5.74, 6) is 0.785. The predicted octanol–water partition coefficient (Wildman–Crippen LogP) is 1.82. The lowest BCUT2D eigenvalue weighted by Crippen LogP contribution is -2.09. The Bertz CT molecular complexity index is 349. The van der Waals surface area contributed by atoms with Crippen molar-refractivity contribution in [3.8, 4) is 5.75 Å². The molecule has 1 aromatic carbocycles. The first-order valence-electron chi connectivity index (χ1n) is 5.86. The molecule has 0 saturated carbocycles. The van der Waals surface area contributed by atoms with Gasteiger partial charge in [-0.25, -0.2) is 0 Å². The molecule has 1 aliphatic rings. The van der Waals surface area contributed by atoms with Crippen molar-refractivity contribution in [2.24, 2.45) is 0 Å². The topological polar surface area (TPSA) is 49.7 Å². The monoisotopic (exact) mass is 222 g/mol. The predicted molar refractivity (Wildman–Crippen MR) is 61.5 cm³/mol. The van der Waals surface area contributed by atoms with Gasteiger partial charge in [0.05, 0.1) is 12.7 Å². The summed E-state index contributed by atoms with van der Waals surface area (Å²) in [4.78, 5) is 0. The minimum absolute atomic E-state index is 0.146. The van der Waals surface area contributed by atoms with E-state index in [1.54, 1.807) is 0 Å². The van der Waals surface area contributed by atoms with Gasteiger partial charge in [0, 0.05) is 13.0 Å². The van der Waals surface area contributed by atoms with Crippen LogP contribution >= 0.6 is 0 Å². The highest BCUT2D eigenvalue weighted by molar-refractivity contribution is 5.38. The first-order chi connectivity index (χ1) is 7.81. The molecule has 0 bridgehead atoms. The highest BCUT2D eigenvalue weighted by Crippen LogP contribution is 2.32. The molecular weight excluding hydrogens is 204 g/mol. The first kappa shape index (κ1) is 11.4. The van der Waals surface area contributed by atoms with Gasteiger partial charge in [-0.1, -0.05) is 6.07 Å². The first-order valence-corrected chi connectivity index (χ1v) is 5.86. The van der Waals surface area contributed by atoms with Crippen LogP contribution in [0, 0.1) is 0 Å². The third-order valence-electron chi connectivity index (χ3n) is 2.97. The number of fused-ring (bicyclic) bond motifs is 1. The van der Waals surface area contributed by atoms with E-state index in [-0.39, 0.29) is 12.7 Å². The molecule has 88 valence electrons. The van der Waals surface area contributed by atoms with Crippen molar-refractivity contribution in [1.82, 2.24) is 0 Å². The SMILES string of the molecule is OCCCOc1ccc2c(c1)[C@H](O)CCC2. The standard InChI is InChI=1S/C13H18O3/c14-7-2-8-16-11-6-5-10-3-1-4-13(15)12(10)9-11/h5-6,9,13-15H,1-4,7-8H2/t13-/m1/s1. The zero-order valence-electron chi connectivity index (χ0n) is 9.35. The van der Waals surface area contributed by atoms with Crippen molar-refractivity contribution < 1.29 is 14.9 Å².